The third kappa shape index (κ3) is 7.63. The van der Waals surface area contributed by atoms with Gasteiger partial charge in [0.2, 0.25) is 5.91 Å². The molecular formula is C13H29N3O2. The third-order valence-corrected chi connectivity index (χ3v) is 3.02. The molecule has 0 radical (unpaired) electrons. The molecule has 0 unspecified atom stereocenters. The lowest BCUT2D eigenvalue weighted by Gasteiger charge is -2.23. The van der Waals surface area contributed by atoms with E-state index in [9.17, 15) is 4.79 Å². The number of nitrogens with two attached hydrogens (primary N) is 1. The molecule has 0 saturated heterocycles. The number of nitrogens with zero attached hydrogens (tertiary/aromatic N) is 2. The molecular weight excluding hydrogens is 230 g/mol. The molecule has 5 heteroatoms. The van der Waals surface area contributed by atoms with E-state index >= 15 is 0 Å². The molecule has 0 aromatic heterocycles. The first-order valence-electron chi connectivity index (χ1n) is 6.97. The maximum Gasteiger partial charge on any atom is 0.248 e. The standard InChI is InChI=1S/C13H29N3O2/c1-4-15(5-2)9-7-10-16(6-3)13(17)12-18-11-8-14/h4-12,14H2,1-3H3. The Bertz CT molecular complexity index is 208. The Hall–Kier alpha value is -0.650. The highest BCUT2D eigenvalue weighted by atomic mass is 16.5. The van der Waals surface area contributed by atoms with Gasteiger partial charge in [0.15, 0.2) is 0 Å². The van der Waals surface area contributed by atoms with Crippen molar-refractivity contribution in [2.75, 3.05) is 52.5 Å². The van der Waals surface area contributed by atoms with Crippen molar-refractivity contribution in [1.29, 1.82) is 0 Å². The molecule has 0 aliphatic heterocycles. The number of hydrogen-bond acceptors (Lipinski definition) is 4. The highest BCUT2D eigenvalue weighted by Gasteiger charge is 2.11. The zero-order valence-corrected chi connectivity index (χ0v) is 12.2. The zero-order chi connectivity index (χ0) is 13.8. The minimum Gasteiger partial charge on any atom is -0.370 e. The average molecular weight is 259 g/mol. The number of amides is 1. The lowest BCUT2D eigenvalue weighted by molar-refractivity contribution is -0.135. The first kappa shape index (κ1) is 17.4. The van der Waals surface area contributed by atoms with E-state index in [2.05, 4.69) is 18.7 Å². The van der Waals surface area contributed by atoms with Crippen molar-refractivity contribution in [1.82, 2.24) is 9.80 Å². The van der Waals surface area contributed by atoms with Crippen LogP contribution >= 0.6 is 0 Å². The van der Waals surface area contributed by atoms with Gasteiger partial charge >= 0.3 is 0 Å². The van der Waals surface area contributed by atoms with Crippen LogP contribution in [0.15, 0.2) is 0 Å². The molecule has 0 spiro atoms. The fraction of sp³-hybridized carbons (Fsp3) is 0.923. The summed E-state index contributed by atoms with van der Waals surface area (Å²) in [6.07, 6.45) is 1.01. The van der Waals surface area contributed by atoms with Gasteiger partial charge in [-0.3, -0.25) is 4.79 Å². The van der Waals surface area contributed by atoms with Crippen LogP contribution in [0.2, 0.25) is 0 Å². The van der Waals surface area contributed by atoms with E-state index in [1.54, 1.807) is 0 Å². The van der Waals surface area contributed by atoms with Gasteiger partial charge in [0.25, 0.3) is 0 Å². The molecule has 5 nitrogen and oxygen atoms in total. The molecule has 0 heterocycles. The molecule has 0 aliphatic carbocycles. The molecule has 108 valence electrons. The first-order chi connectivity index (χ1) is 8.69. The van der Waals surface area contributed by atoms with Crippen LogP contribution in [0, 0.1) is 0 Å². The summed E-state index contributed by atoms with van der Waals surface area (Å²) < 4.78 is 5.17. The van der Waals surface area contributed by atoms with E-state index in [4.69, 9.17) is 10.5 Å². The van der Waals surface area contributed by atoms with Crippen molar-refractivity contribution in [2.45, 2.75) is 27.2 Å². The van der Waals surface area contributed by atoms with Crippen molar-refractivity contribution >= 4 is 5.91 Å². The van der Waals surface area contributed by atoms with E-state index < -0.39 is 0 Å². The van der Waals surface area contributed by atoms with Crippen molar-refractivity contribution in [3.05, 3.63) is 0 Å². The third-order valence-electron chi connectivity index (χ3n) is 3.02. The fourth-order valence-corrected chi connectivity index (χ4v) is 1.82. The van der Waals surface area contributed by atoms with Crippen LogP contribution in [-0.4, -0.2) is 68.2 Å². The molecule has 0 aromatic carbocycles. The van der Waals surface area contributed by atoms with Crippen molar-refractivity contribution in [3.63, 3.8) is 0 Å². The van der Waals surface area contributed by atoms with Gasteiger partial charge in [-0.25, -0.2) is 0 Å². The second-order valence-electron chi connectivity index (χ2n) is 4.20. The van der Waals surface area contributed by atoms with Crippen LogP contribution in [0.5, 0.6) is 0 Å². The molecule has 0 saturated carbocycles. The van der Waals surface area contributed by atoms with Gasteiger partial charge in [-0.05, 0) is 33.0 Å². The number of likely N-dealkylation sites (N-methyl/N-ethyl adjacent to an activating group) is 1. The Labute approximate surface area is 111 Å². The van der Waals surface area contributed by atoms with Crippen LogP contribution in [-0.2, 0) is 9.53 Å². The van der Waals surface area contributed by atoms with Crippen LogP contribution in [0.4, 0.5) is 0 Å². The predicted molar refractivity (Wildman–Crippen MR) is 74.5 cm³/mol. The second-order valence-corrected chi connectivity index (χ2v) is 4.20. The zero-order valence-electron chi connectivity index (χ0n) is 12.2. The van der Waals surface area contributed by atoms with Crippen LogP contribution < -0.4 is 5.73 Å². The number of carbonyl (C=O) groups excluding carboxylic acids is 1. The first-order valence-corrected chi connectivity index (χ1v) is 6.97. The lowest BCUT2D eigenvalue weighted by Crippen LogP contribution is -2.36. The Morgan fingerprint density at radius 2 is 1.78 bits per heavy atom. The summed E-state index contributed by atoms with van der Waals surface area (Å²) >= 11 is 0. The van der Waals surface area contributed by atoms with Gasteiger partial charge in [0.1, 0.15) is 6.61 Å². The molecule has 2 N–H and O–H groups in total. The molecule has 18 heavy (non-hydrogen) atoms. The highest BCUT2D eigenvalue weighted by Crippen LogP contribution is 1.97. The number of rotatable bonds is 11. The van der Waals surface area contributed by atoms with Crippen molar-refractivity contribution in [2.24, 2.45) is 5.73 Å². The van der Waals surface area contributed by atoms with Crippen LogP contribution in [0.25, 0.3) is 0 Å². The maximum atomic E-state index is 11.8. The Balaban J connectivity index is 3.84. The quantitative estimate of drug-likeness (QED) is 0.550. The molecule has 0 atom stereocenters. The summed E-state index contributed by atoms with van der Waals surface area (Å²) in [5.74, 6) is 0.0606. The van der Waals surface area contributed by atoms with Gasteiger partial charge < -0.3 is 20.3 Å². The molecule has 1 amide bonds. The highest BCUT2D eigenvalue weighted by molar-refractivity contribution is 5.77. The average Bonchev–Trinajstić information content (AvgIpc) is 2.39. The Morgan fingerprint density at radius 3 is 2.28 bits per heavy atom. The largest absolute Gasteiger partial charge is 0.370 e. The minimum atomic E-state index is 0.0606. The number of carbonyl (C=O) groups is 1. The fourth-order valence-electron chi connectivity index (χ4n) is 1.82. The maximum absolute atomic E-state index is 11.8. The molecule has 0 bridgehead atoms. The van der Waals surface area contributed by atoms with E-state index in [0.29, 0.717) is 13.2 Å². The number of hydrogen-bond donors (Lipinski definition) is 1. The summed E-state index contributed by atoms with van der Waals surface area (Å²) in [6.45, 7) is 12.1. The van der Waals surface area contributed by atoms with Crippen molar-refractivity contribution in [3.8, 4) is 0 Å². The van der Waals surface area contributed by atoms with Crippen LogP contribution in [0.3, 0.4) is 0 Å². The summed E-state index contributed by atoms with van der Waals surface area (Å²) in [4.78, 5) is 16.0. The van der Waals surface area contributed by atoms with Gasteiger partial charge in [0, 0.05) is 19.6 Å². The smallest absolute Gasteiger partial charge is 0.248 e. The van der Waals surface area contributed by atoms with E-state index in [1.807, 2.05) is 11.8 Å². The molecule has 0 aliphatic rings. The molecule has 0 aromatic rings. The minimum absolute atomic E-state index is 0.0606. The summed E-state index contributed by atoms with van der Waals surface area (Å²) in [6, 6.07) is 0. The Kier molecular flexibility index (Phi) is 11.0. The molecule has 0 fully saturated rings. The second kappa shape index (κ2) is 11.4. The normalized spacial score (nSPS) is 10.9. The SMILES string of the molecule is CCN(CC)CCCN(CC)C(=O)COCCN. The van der Waals surface area contributed by atoms with E-state index in [-0.39, 0.29) is 12.5 Å². The van der Waals surface area contributed by atoms with Gasteiger partial charge in [-0.1, -0.05) is 13.8 Å². The van der Waals surface area contributed by atoms with Crippen molar-refractivity contribution < 1.29 is 9.53 Å². The van der Waals surface area contributed by atoms with Gasteiger partial charge in [-0.2, -0.15) is 0 Å². The van der Waals surface area contributed by atoms with Gasteiger partial charge in [-0.15, -0.1) is 0 Å². The summed E-state index contributed by atoms with van der Waals surface area (Å²) in [7, 11) is 0. The lowest BCUT2D eigenvalue weighted by atomic mass is 10.3. The summed E-state index contributed by atoms with van der Waals surface area (Å²) in [5, 5.41) is 0. The monoisotopic (exact) mass is 259 g/mol. The van der Waals surface area contributed by atoms with E-state index in [1.165, 1.54) is 0 Å². The molecule has 0 rings (SSSR count). The van der Waals surface area contributed by atoms with E-state index in [0.717, 1.165) is 39.1 Å². The summed E-state index contributed by atoms with van der Waals surface area (Å²) in [5.41, 5.74) is 5.31. The topological polar surface area (TPSA) is 58.8 Å². The van der Waals surface area contributed by atoms with Gasteiger partial charge in [0.05, 0.1) is 6.61 Å². The predicted octanol–water partition coefficient (Wildman–Crippen LogP) is 0.542. The Morgan fingerprint density at radius 1 is 1.11 bits per heavy atom. The van der Waals surface area contributed by atoms with Crippen LogP contribution in [0.1, 0.15) is 27.2 Å². The number of ether oxygens (including phenoxy) is 1.